The lowest BCUT2D eigenvalue weighted by Crippen LogP contribution is -2.61. The van der Waals surface area contributed by atoms with Crippen LogP contribution in [0.1, 0.15) is 28.8 Å². The molecule has 1 aliphatic heterocycles. The number of hydrogen-bond acceptors (Lipinski definition) is 8. The summed E-state index contributed by atoms with van der Waals surface area (Å²) in [5, 5.41) is 35.0. The van der Waals surface area contributed by atoms with E-state index in [-0.39, 0.29) is 41.3 Å². The zero-order chi connectivity index (χ0) is 26.4. The van der Waals surface area contributed by atoms with Crippen LogP contribution in [0, 0.1) is 0 Å². The third-order valence-electron chi connectivity index (χ3n) is 5.27. The van der Waals surface area contributed by atoms with Crippen molar-refractivity contribution >= 4 is 35.3 Å². The van der Waals surface area contributed by atoms with E-state index in [4.69, 9.17) is 5.53 Å². The summed E-state index contributed by atoms with van der Waals surface area (Å²) in [7, 11) is 0. The van der Waals surface area contributed by atoms with Gasteiger partial charge in [-0.05, 0) is 35.4 Å². The van der Waals surface area contributed by atoms with E-state index in [2.05, 4.69) is 15.3 Å². The maximum Gasteiger partial charge on any atom is 0.326 e. The molecular formula is C22H20N6O8. The van der Waals surface area contributed by atoms with Crippen LogP contribution >= 0.6 is 0 Å². The number of nitrogens with one attached hydrogen (secondary N) is 1. The third-order valence-corrected chi connectivity index (χ3v) is 5.27. The summed E-state index contributed by atoms with van der Waals surface area (Å²) in [4.78, 5) is 65.5. The number of amides is 4. The van der Waals surface area contributed by atoms with Crippen molar-refractivity contribution in [3.05, 3.63) is 70.1 Å². The summed E-state index contributed by atoms with van der Waals surface area (Å²) in [6, 6.07) is 8.84. The van der Waals surface area contributed by atoms with Gasteiger partial charge in [0.1, 0.15) is 11.8 Å². The summed E-state index contributed by atoms with van der Waals surface area (Å²) in [5.74, 6) is -5.65. The number of carbonyl (C=O) groups is 5. The SMILES string of the molecule is [N-]=[N+]=Nc1ccc(C(=O)N(O)C(C(=O)N[C@@H](Cc2ccc(O)cc2)C(=O)O)N2C(=O)CCC2=O)cc1. The van der Waals surface area contributed by atoms with Crippen molar-refractivity contribution in [3.8, 4) is 5.75 Å². The first kappa shape index (κ1) is 25.7. The first-order chi connectivity index (χ1) is 17.1. The minimum absolute atomic E-state index is 0.0531. The Morgan fingerprint density at radius 2 is 1.64 bits per heavy atom. The second-order valence-electron chi connectivity index (χ2n) is 7.69. The Labute approximate surface area is 202 Å². The number of imide groups is 1. The molecule has 4 amide bonds. The van der Waals surface area contributed by atoms with Crippen molar-refractivity contribution in [1.82, 2.24) is 15.3 Å². The van der Waals surface area contributed by atoms with Crippen LogP contribution in [0.3, 0.4) is 0 Å². The van der Waals surface area contributed by atoms with E-state index in [1.807, 2.05) is 0 Å². The number of hydrogen-bond donors (Lipinski definition) is 4. The molecular weight excluding hydrogens is 476 g/mol. The van der Waals surface area contributed by atoms with Gasteiger partial charge in [0.25, 0.3) is 11.8 Å². The fourth-order valence-corrected chi connectivity index (χ4v) is 3.48. The zero-order valence-electron chi connectivity index (χ0n) is 18.5. The van der Waals surface area contributed by atoms with Gasteiger partial charge >= 0.3 is 5.97 Å². The second kappa shape index (κ2) is 11.0. The molecule has 1 saturated heterocycles. The van der Waals surface area contributed by atoms with Crippen LogP contribution in [0.15, 0.2) is 53.6 Å². The van der Waals surface area contributed by atoms with Gasteiger partial charge in [0.15, 0.2) is 0 Å². The number of carbonyl (C=O) groups excluding carboxylic acids is 4. The van der Waals surface area contributed by atoms with Crippen LogP contribution in [-0.4, -0.2) is 67.2 Å². The van der Waals surface area contributed by atoms with E-state index in [9.17, 15) is 39.4 Å². The number of likely N-dealkylation sites (tertiary alicyclic amines) is 1. The highest BCUT2D eigenvalue weighted by Crippen LogP contribution is 2.21. The highest BCUT2D eigenvalue weighted by Gasteiger charge is 2.45. The predicted octanol–water partition coefficient (Wildman–Crippen LogP) is 1.45. The van der Waals surface area contributed by atoms with Crippen LogP contribution < -0.4 is 5.32 Å². The smallest absolute Gasteiger partial charge is 0.326 e. The number of hydroxylamine groups is 2. The quantitative estimate of drug-likeness (QED) is 0.0993. The minimum atomic E-state index is -2.18. The fourth-order valence-electron chi connectivity index (χ4n) is 3.48. The minimum Gasteiger partial charge on any atom is -0.508 e. The summed E-state index contributed by atoms with van der Waals surface area (Å²) in [6.07, 6.45) is -2.95. The zero-order valence-corrected chi connectivity index (χ0v) is 18.5. The Bertz CT molecular complexity index is 1220. The lowest BCUT2D eigenvalue weighted by Gasteiger charge is -2.32. The molecule has 14 nitrogen and oxygen atoms in total. The van der Waals surface area contributed by atoms with E-state index in [0.29, 0.717) is 10.5 Å². The average Bonchev–Trinajstić information content (AvgIpc) is 3.18. The van der Waals surface area contributed by atoms with E-state index in [0.717, 1.165) is 0 Å². The molecule has 1 fully saturated rings. The Morgan fingerprint density at radius 1 is 1.06 bits per heavy atom. The number of aromatic hydroxyl groups is 1. The van der Waals surface area contributed by atoms with Crippen LogP contribution in [0.4, 0.5) is 5.69 Å². The van der Waals surface area contributed by atoms with Crippen molar-refractivity contribution in [2.24, 2.45) is 5.11 Å². The van der Waals surface area contributed by atoms with Crippen LogP contribution in [-0.2, 0) is 25.6 Å². The number of aliphatic carboxylic acids is 1. The van der Waals surface area contributed by atoms with E-state index >= 15 is 0 Å². The molecule has 1 heterocycles. The first-order valence-corrected chi connectivity index (χ1v) is 10.5. The average molecular weight is 496 g/mol. The molecule has 0 radical (unpaired) electrons. The fraction of sp³-hybridized carbons (Fsp3) is 0.227. The summed E-state index contributed by atoms with van der Waals surface area (Å²) < 4.78 is 0. The molecule has 36 heavy (non-hydrogen) atoms. The van der Waals surface area contributed by atoms with Crippen LogP contribution in [0.5, 0.6) is 5.75 Å². The molecule has 3 rings (SSSR count). The highest BCUT2D eigenvalue weighted by atomic mass is 16.5. The number of carboxylic acids is 1. The number of azide groups is 1. The molecule has 0 spiro atoms. The van der Waals surface area contributed by atoms with Crippen molar-refractivity contribution in [1.29, 1.82) is 0 Å². The molecule has 0 saturated carbocycles. The standard InChI is InChI=1S/C22H20N6O8/c23-26-25-14-5-3-13(4-6-14)21(33)28(36)20(27-17(30)9-10-18(27)31)19(32)24-16(22(34)35)11-12-1-7-15(29)8-2-12/h1-8,16,20,29,36H,9-11H2,(H,24,32)(H,34,35)/t16-,20?/m0/s1. The van der Waals surface area contributed by atoms with Gasteiger partial charge in [0.05, 0.1) is 0 Å². The van der Waals surface area contributed by atoms with E-state index in [1.54, 1.807) is 0 Å². The van der Waals surface area contributed by atoms with Gasteiger partial charge in [0, 0.05) is 35.4 Å². The maximum atomic E-state index is 13.1. The molecule has 4 N–H and O–H groups in total. The van der Waals surface area contributed by atoms with Crippen molar-refractivity contribution in [2.45, 2.75) is 31.5 Å². The molecule has 2 atom stereocenters. The third kappa shape index (κ3) is 5.75. The second-order valence-corrected chi connectivity index (χ2v) is 7.69. The van der Waals surface area contributed by atoms with Gasteiger partial charge in [-0.3, -0.25) is 24.4 Å². The largest absolute Gasteiger partial charge is 0.508 e. The summed E-state index contributed by atoms with van der Waals surface area (Å²) in [6.45, 7) is 0. The lowest BCUT2D eigenvalue weighted by molar-refractivity contribution is -0.174. The number of rotatable bonds is 9. The van der Waals surface area contributed by atoms with Crippen LogP contribution in [0.2, 0.25) is 0 Å². The summed E-state index contributed by atoms with van der Waals surface area (Å²) in [5.41, 5.74) is 8.90. The predicted molar refractivity (Wildman–Crippen MR) is 119 cm³/mol. The molecule has 1 unspecified atom stereocenters. The topological polar surface area (TPSA) is 213 Å². The number of phenols is 1. The van der Waals surface area contributed by atoms with Gasteiger partial charge < -0.3 is 15.5 Å². The number of phenolic OH excluding ortho intramolecular Hbond substituents is 1. The monoisotopic (exact) mass is 496 g/mol. The molecule has 0 aliphatic carbocycles. The molecule has 14 heteroatoms. The Morgan fingerprint density at radius 3 is 2.17 bits per heavy atom. The number of carboxylic acid groups (broad SMARTS) is 1. The summed E-state index contributed by atoms with van der Waals surface area (Å²) >= 11 is 0. The van der Waals surface area contributed by atoms with E-state index in [1.165, 1.54) is 48.5 Å². The lowest BCUT2D eigenvalue weighted by atomic mass is 10.1. The Balaban J connectivity index is 1.89. The maximum absolute atomic E-state index is 13.1. The Kier molecular flexibility index (Phi) is 7.84. The number of benzene rings is 2. The first-order valence-electron chi connectivity index (χ1n) is 10.5. The molecule has 1 aliphatic rings. The van der Waals surface area contributed by atoms with Gasteiger partial charge in [-0.25, -0.2) is 9.69 Å². The van der Waals surface area contributed by atoms with Gasteiger partial charge in [-0.1, -0.05) is 29.4 Å². The number of nitrogens with zero attached hydrogens (tertiary/aromatic N) is 5. The Hall–Kier alpha value is -4.94. The molecule has 0 bridgehead atoms. The van der Waals surface area contributed by atoms with Gasteiger partial charge in [-0.2, -0.15) is 5.06 Å². The van der Waals surface area contributed by atoms with Crippen molar-refractivity contribution in [3.63, 3.8) is 0 Å². The van der Waals surface area contributed by atoms with E-state index < -0.39 is 41.8 Å². The molecule has 0 aromatic heterocycles. The molecule has 2 aromatic carbocycles. The van der Waals surface area contributed by atoms with Gasteiger partial charge in [-0.15, -0.1) is 0 Å². The molecule has 186 valence electrons. The highest BCUT2D eigenvalue weighted by molar-refractivity contribution is 6.07. The normalized spacial score (nSPS) is 14.5. The van der Waals surface area contributed by atoms with Gasteiger partial charge in [0.2, 0.25) is 18.0 Å². The molecule has 2 aromatic rings. The van der Waals surface area contributed by atoms with Crippen molar-refractivity contribution in [2.75, 3.05) is 0 Å². The van der Waals surface area contributed by atoms with Crippen molar-refractivity contribution < 1.29 is 39.4 Å². The van der Waals surface area contributed by atoms with Crippen LogP contribution in [0.25, 0.3) is 10.4 Å².